The minimum atomic E-state index is 0.103. The number of ketones is 1. The number of phenols is 1. The van der Waals surface area contributed by atoms with Crippen molar-refractivity contribution in [3.05, 3.63) is 29.8 Å². The molecule has 0 amide bonds. The van der Waals surface area contributed by atoms with Crippen LogP contribution < -0.4 is 0 Å². The molecule has 1 aromatic rings. The average molecular weight is 261 g/mol. The first kappa shape index (κ1) is 14.1. The average Bonchev–Trinajstić information content (AvgIpc) is 2.39. The molecule has 0 atom stereocenters. The number of carbonyl (C=O) groups excluding carboxylic acids is 1. The van der Waals surface area contributed by atoms with Crippen LogP contribution in [0.15, 0.2) is 24.3 Å². The molecule has 0 spiro atoms. The molecule has 1 fully saturated rings. The third-order valence-corrected chi connectivity index (χ3v) is 4.28. The van der Waals surface area contributed by atoms with Crippen molar-refractivity contribution in [1.82, 2.24) is 4.90 Å². The number of hydrogen-bond acceptors (Lipinski definition) is 3. The number of nitrogens with zero attached hydrogens (tertiary/aromatic N) is 1. The number of Topliss-reactive ketones (excluding diaryl/α,β-unsaturated/α-hetero) is 1. The number of phenolic OH excluding ortho intramolecular Hbond substituents is 1. The van der Waals surface area contributed by atoms with Crippen LogP contribution in [-0.4, -0.2) is 36.4 Å². The summed E-state index contributed by atoms with van der Waals surface area (Å²) in [5.41, 5.74) is 1.37. The largest absolute Gasteiger partial charge is 0.508 e. The number of carbonyl (C=O) groups is 1. The molecule has 104 valence electrons. The first-order chi connectivity index (χ1) is 9.02. The van der Waals surface area contributed by atoms with Crippen LogP contribution in [-0.2, 0) is 10.2 Å². The number of aromatic hydroxyl groups is 1. The summed E-state index contributed by atoms with van der Waals surface area (Å²) in [5.74, 6) is 0.692. The van der Waals surface area contributed by atoms with Gasteiger partial charge in [0, 0.05) is 12.8 Å². The number of hydrogen-bond donors (Lipinski definition) is 1. The molecular formula is C16H23NO2. The van der Waals surface area contributed by atoms with Crippen LogP contribution in [0.1, 0.15) is 37.7 Å². The van der Waals surface area contributed by atoms with E-state index in [-0.39, 0.29) is 5.41 Å². The van der Waals surface area contributed by atoms with Crippen LogP contribution in [0.25, 0.3) is 0 Å². The van der Waals surface area contributed by atoms with Crippen molar-refractivity contribution in [2.45, 2.75) is 37.5 Å². The third kappa shape index (κ3) is 3.35. The van der Waals surface area contributed by atoms with E-state index in [0.29, 0.717) is 24.4 Å². The summed E-state index contributed by atoms with van der Waals surface area (Å²) >= 11 is 0. The molecule has 1 aliphatic rings. The van der Waals surface area contributed by atoms with E-state index in [1.165, 1.54) is 5.56 Å². The maximum Gasteiger partial charge on any atom is 0.132 e. The van der Waals surface area contributed by atoms with Gasteiger partial charge in [-0.05, 0) is 63.0 Å². The van der Waals surface area contributed by atoms with Gasteiger partial charge in [-0.15, -0.1) is 0 Å². The van der Waals surface area contributed by atoms with Gasteiger partial charge in [0.15, 0.2) is 0 Å². The summed E-state index contributed by atoms with van der Waals surface area (Å²) in [5, 5.41) is 9.44. The zero-order valence-electron chi connectivity index (χ0n) is 11.9. The molecule has 1 N–H and O–H groups in total. The minimum absolute atomic E-state index is 0.103. The number of rotatable bonds is 4. The Hall–Kier alpha value is -1.35. The highest BCUT2D eigenvalue weighted by molar-refractivity contribution is 5.79. The van der Waals surface area contributed by atoms with Crippen LogP contribution in [0.3, 0.4) is 0 Å². The molecule has 0 bridgehead atoms. The van der Waals surface area contributed by atoms with Crippen LogP contribution in [0.4, 0.5) is 0 Å². The maximum absolute atomic E-state index is 11.5. The second-order valence-corrected chi connectivity index (χ2v) is 5.92. The molecule has 0 heterocycles. The lowest BCUT2D eigenvalue weighted by molar-refractivity contribution is -0.121. The molecule has 0 aromatic heterocycles. The molecule has 0 radical (unpaired) electrons. The molecule has 1 aromatic carbocycles. The third-order valence-electron chi connectivity index (χ3n) is 4.28. The van der Waals surface area contributed by atoms with E-state index in [4.69, 9.17) is 0 Å². The van der Waals surface area contributed by atoms with Crippen molar-refractivity contribution in [1.29, 1.82) is 0 Å². The Kier molecular flexibility index (Phi) is 4.25. The highest BCUT2D eigenvalue weighted by Crippen LogP contribution is 2.41. The summed E-state index contributed by atoms with van der Waals surface area (Å²) in [6, 6.07) is 7.54. The Labute approximate surface area is 115 Å². The fraction of sp³-hybridized carbons (Fsp3) is 0.562. The Morgan fingerprint density at radius 3 is 2.26 bits per heavy atom. The monoisotopic (exact) mass is 261 g/mol. The predicted octanol–water partition coefficient (Wildman–Crippen LogP) is 2.72. The summed E-state index contributed by atoms with van der Waals surface area (Å²) in [4.78, 5) is 13.7. The van der Waals surface area contributed by atoms with Crippen molar-refractivity contribution in [3.63, 3.8) is 0 Å². The summed E-state index contributed by atoms with van der Waals surface area (Å²) in [7, 11) is 4.16. The van der Waals surface area contributed by atoms with E-state index >= 15 is 0 Å². The Morgan fingerprint density at radius 1 is 1.16 bits per heavy atom. The molecule has 3 heteroatoms. The van der Waals surface area contributed by atoms with E-state index in [2.05, 4.69) is 19.0 Å². The molecule has 19 heavy (non-hydrogen) atoms. The highest BCUT2D eigenvalue weighted by atomic mass is 16.3. The second kappa shape index (κ2) is 5.74. The lowest BCUT2D eigenvalue weighted by Gasteiger charge is -2.38. The first-order valence-electron chi connectivity index (χ1n) is 6.98. The minimum Gasteiger partial charge on any atom is -0.508 e. The smallest absolute Gasteiger partial charge is 0.132 e. The van der Waals surface area contributed by atoms with Crippen LogP contribution >= 0.6 is 0 Å². The summed E-state index contributed by atoms with van der Waals surface area (Å²) in [6.45, 7) is 1.02. The molecule has 0 saturated heterocycles. The fourth-order valence-electron chi connectivity index (χ4n) is 2.94. The van der Waals surface area contributed by atoms with Gasteiger partial charge in [-0.25, -0.2) is 0 Å². The zero-order valence-corrected chi connectivity index (χ0v) is 11.9. The Bertz CT molecular complexity index is 427. The van der Waals surface area contributed by atoms with E-state index in [9.17, 15) is 9.90 Å². The van der Waals surface area contributed by atoms with Crippen molar-refractivity contribution in [2.75, 3.05) is 20.6 Å². The van der Waals surface area contributed by atoms with Gasteiger partial charge in [0.2, 0.25) is 0 Å². The molecule has 0 unspecified atom stereocenters. The Morgan fingerprint density at radius 2 is 1.74 bits per heavy atom. The van der Waals surface area contributed by atoms with Gasteiger partial charge < -0.3 is 10.0 Å². The molecule has 0 aliphatic heterocycles. The normalized spacial score (nSPS) is 18.8. The quantitative estimate of drug-likeness (QED) is 0.906. The summed E-state index contributed by atoms with van der Waals surface area (Å²) < 4.78 is 0. The molecule has 1 aliphatic carbocycles. The van der Waals surface area contributed by atoms with Gasteiger partial charge >= 0.3 is 0 Å². The molecular weight excluding hydrogens is 238 g/mol. The van der Waals surface area contributed by atoms with Crippen molar-refractivity contribution >= 4 is 5.78 Å². The molecule has 2 rings (SSSR count). The predicted molar refractivity (Wildman–Crippen MR) is 76.4 cm³/mol. The van der Waals surface area contributed by atoms with Gasteiger partial charge in [-0.3, -0.25) is 4.79 Å². The number of benzene rings is 1. The standard InChI is InChI=1S/C16H23NO2/c1-17(2)12-11-16(9-7-15(19)8-10-16)13-3-5-14(18)6-4-13/h3-6,18H,7-12H2,1-2H3. The van der Waals surface area contributed by atoms with Crippen molar-refractivity contribution in [3.8, 4) is 5.75 Å². The van der Waals surface area contributed by atoms with E-state index in [0.717, 1.165) is 25.8 Å². The zero-order chi connectivity index (χ0) is 13.9. The fourth-order valence-corrected chi connectivity index (χ4v) is 2.94. The van der Waals surface area contributed by atoms with Gasteiger partial charge in [0.05, 0.1) is 0 Å². The van der Waals surface area contributed by atoms with Crippen LogP contribution in [0.5, 0.6) is 5.75 Å². The Balaban J connectivity index is 2.22. The van der Waals surface area contributed by atoms with E-state index in [1.54, 1.807) is 12.1 Å². The lowest BCUT2D eigenvalue weighted by Crippen LogP contribution is -2.35. The second-order valence-electron chi connectivity index (χ2n) is 5.92. The maximum atomic E-state index is 11.5. The summed E-state index contributed by atoms with van der Waals surface area (Å²) in [6.07, 6.45) is 4.32. The van der Waals surface area contributed by atoms with Crippen molar-refractivity contribution in [2.24, 2.45) is 0 Å². The molecule has 3 nitrogen and oxygen atoms in total. The van der Waals surface area contributed by atoms with Crippen LogP contribution in [0.2, 0.25) is 0 Å². The lowest BCUT2D eigenvalue weighted by atomic mass is 9.67. The van der Waals surface area contributed by atoms with E-state index < -0.39 is 0 Å². The SMILES string of the molecule is CN(C)CCC1(c2ccc(O)cc2)CCC(=O)CC1. The molecule has 1 saturated carbocycles. The highest BCUT2D eigenvalue weighted by Gasteiger charge is 2.35. The van der Waals surface area contributed by atoms with Gasteiger partial charge in [0.25, 0.3) is 0 Å². The van der Waals surface area contributed by atoms with Gasteiger partial charge in [-0.1, -0.05) is 12.1 Å². The van der Waals surface area contributed by atoms with Crippen molar-refractivity contribution < 1.29 is 9.90 Å². The first-order valence-corrected chi connectivity index (χ1v) is 6.98. The van der Waals surface area contributed by atoms with Gasteiger partial charge in [0.1, 0.15) is 11.5 Å². The van der Waals surface area contributed by atoms with E-state index in [1.807, 2.05) is 12.1 Å². The van der Waals surface area contributed by atoms with Gasteiger partial charge in [-0.2, -0.15) is 0 Å². The van der Waals surface area contributed by atoms with Crippen LogP contribution in [0, 0.1) is 0 Å². The topological polar surface area (TPSA) is 40.5 Å².